The second-order valence-corrected chi connectivity index (χ2v) is 5.24. The Morgan fingerprint density at radius 3 is 2.48 bits per heavy atom. The summed E-state index contributed by atoms with van der Waals surface area (Å²) in [5.41, 5.74) is 2.22. The summed E-state index contributed by atoms with van der Waals surface area (Å²) in [6.07, 6.45) is 1.93. The molecule has 0 saturated heterocycles. The van der Waals surface area contributed by atoms with Crippen molar-refractivity contribution in [1.29, 1.82) is 0 Å². The third-order valence-corrected chi connectivity index (χ3v) is 3.99. The summed E-state index contributed by atoms with van der Waals surface area (Å²) >= 11 is 0. The van der Waals surface area contributed by atoms with Crippen LogP contribution in [0.4, 0.5) is 0 Å². The molecule has 1 unspecified atom stereocenters. The minimum Gasteiger partial charge on any atom is -0.510 e. The van der Waals surface area contributed by atoms with E-state index in [-0.39, 0.29) is 11.7 Å². The predicted molar refractivity (Wildman–Crippen MR) is 80.5 cm³/mol. The van der Waals surface area contributed by atoms with Crippen molar-refractivity contribution in [2.24, 2.45) is 0 Å². The van der Waals surface area contributed by atoms with E-state index in [1.807, 2.05) is 60.7 Å². The van der Waals surface area contributed by atoms with Gasteiger partial charge in [0.15, 0.2) is 0 Å². The smallest absolute Gasteiger partial charge is 0.239 e. The normalized spacial score (nSPS) is 19.7. The van der Waals surface area contributed by atoms with Crippen molar-refractivity contribution in [1.82, 2.24) is 5.32 Å². The van der Waals surface area contributed by atoms with Gasteiger partial charge in [0.05, 0.1) is 5.70 Å². The maximum Gasteiger partial charge on any atom is 0.239 e. The second kappa shape index (κ2) is 4.35. The van der Waals surface area contributed by atoms with Gasteiger partial charge in [-0.25, -0.2) is 0 Å². The molecule has 2 aliphatic rings. The minimum absolute atomic E-state index is 0.121. The Morgan fingerprint density at radius 2 is 1.67 bits per heavy atom. The van der Waals surface area contributed by atoms with Gasteiger partial charge in [-0.05, 0) is 16.9 Å². The van der Waals surface area contributed by atoms with Crippen molar-refractivity contribution in [2.75, 3.05) is 0 Å². The van der Waals surface area contributed by atoms with Crippen LogP contribution in [0.1, 0.15) is 11.5 Å². The molecule has 3 heteroatoms. The second-order valence-electron chi connectivity index (χ2n) is 5.24. The van der Waals surface area contributed by atoms with E-state index in [0.29, 0.717) is 11.3 Å². The highest BCUT2D eigenvalue weighted by atomic mass is 16.3. The van der Waals surface area contributed by atoms with Crippen LogP contribution < -0.4 is 15.8 Å². The Labute approximate surface area is 121 Å². The maximum atomic E-state index is 12.4. The fourth-order valence-corrected chi connectivity index (χ4v) is 2.99. The lowest BCUT2D eigenvalue weighted by Crippen LogP contribution is -2.37. The highest BCUT2D eigenvalue weighted by Gasteiger charge is 2.34. The van der Waals surface area contributed by atoms with Crippen LogP contribution in [-0.2, 0) is 4.79 Å². The molecule has 0 radical (unpaired) electrons. The van der Waals surface area contributed by atoms with Crippen LogP contribution in [0.25, 0.3) is 11.8 Å². The van der Waals surface area contributed by atoms with Crippen LogP contribution in [0.2, 0.25) is 0 Å². The lowest BCUT2D eigenvalue weighted by Gasteiger charge is -2.24. The lowest BCUT2D eigenvalue weighted by atomic mass is 9.90. The third kappa shape index (κ3) is 1.71. The molecule has 1 aliphatic carbocycles. The summed E-state index contributed by atoms with van der Waals surface area (Å²) in [5.74, 6) is -0.714. The van der Waals surface area contributed by atoms with Crippen LogP contribution in [0.15, 0.2) is 65.9 Å². The van der Waals surface area contributed by atoms with Gasteiger partial charge in [0.1, 0.15) is 11.7 Å². The number of hydrogen-bond acceptors (Lipinski definition) is 2. The zero-order chi connectivity index (χ0) is 14.4. The molecule has 2 N–H and O–H groups in total. The van der Waals surface area contributed by atoms with E-state index >= 15 is 0 Å². The zero-order valence-corrected chi connectivity index (χ0v) is 11.2. The first-order chi connectivity index (χ1) is 10.3. The van der Waals surface area contributed by atoms with Crippen LogP contribution in [0, 0.1) is 0 Å². The van der Waals surface area contributed by atoms with E-state index < -0.39 is 5.92 Å². The molecule has 0 bridgehead atoms. The zero-order valence-electron chi connectivity index (χ0n) is 11.2. The van der Waals surface area contributed by atoms with Gasteiger partial charge in [0, 0.05) is 10.8 Å². The van der Waals surface area contributed by atoms with Gasteiger partial charge in [-0.1, -0.05) is 54.6 Å². The van der Waals surface area contributed by atoms with Crippen LogP contribution in [-0.4, -0.2) is 11.0 Å². The first-order valence-electron chi connectivity index (χ1n) is 6.86. The SMILES string of the molecule is O=C1NC2=c3ccccc3=CC2=C(O)C1c1ccccc1. The van der Waals surface area contributed by atoms with E-state index in [1.165, 1.54) is 0 Å². The lowest BCUT2D eigenvalue weighted by molar-refractivity contribution is -0.121. The van der Waals surface area contributed by atoms with E-state index in [4.69, 9.17) is 0 Å². The van der Waals surface area contributed by atoms with E-state index in [9.17, 15) is 9.90 Å². The Morgan fingerprint density at radius 1 is 0.952 bits per heavy atom. The van der Waals surface area contributed by atoms with Gasteiger partial charge in [0.25, 0.3) is 0 Å². The first-order valence-corrected chi connectivity index (χ1v) is 6.86. The minimum atomic E-state index is -0.643. The quantitative estimate of drug-likeness (QED) is 0.824. The molecule has 1 heterocycles. The molecule has 0 aromatic heterocycles. The van der Waals surface area contributed by atoms with E-state index in [1.54, 1.807) is 0 Å². The average Bonchev–Trinajstić information content (AvgIpc) is 2.88. The largest absolute Gasteiger partial charge is 0.510 e. The van der Waals surface area contributed by atoms with E-state index in [0.717, 1.165) is 16.0 Å². The monoisotopic (exact) mass is 275 g/mol. The number of nitrogens with one attached hydrogen (secondary N) is 1. The summed E-state index contributed by atoms with van der Waals surface area (Å²) in [6, 6.07) is 17.1. The first kappa shape index (κ1) is 12.0. The average molecular weight is 275 g/mol. The molecule has 4 rings (SSSR count). The van der Waals surface area contributed by atoms with Gasteiger partial charge in [-0.2, -0.15) is 0 Å². The van der Waals surface area contributed by atoms with Gasteiger partial charge in [-0.3, -0.25) is 4.79 Å². The summed E-state index contributed by atoms with van der Waals surface area (Å²) in [6.45, 7) is 0. The van der Waals surface area contributed by atoms with Crippen molar-refractivity contribution < 1.29 is 9.90 Å². The van der Waals surface area contributed by atoms with Crippen molar-refractivity contribution in [2.45, 2.75) is 5.92 Å². The van der Waals surface area contributed by atoms with Crippen molar-refractivity contribution >= 4 is 17.7 Å². The number of fused-ring (bicyclic) bond motifs is 2. The van der Waals surface area contributed by atoms with Crippen LogP contribution in [0.3, 0.4) is 0 Å². The predicted octanol–water partition coefficient (Wildman–Crippen LogP) is 1.31. The fraction of sp³-hybridized carbons (Fsp3) is 0.0556. The van der Waals surface area contributed by atoms with Gasteiger partial charge in [0.2, 0.25) is 5.91 Å². The Hall–Kier alpha value is -2.81. The topological polar surface area (TPSA) is 49.3 Å². The molecule has 0 fully saturated rings. The number of benzene rings is 2. The van der Waals surface area contributed by atoms with E-state index in [2.05, 4.69) is 5.32 Å². The third-order valence-electron chi connectivity index (χ3n) is 3.99. The summed E-state index contributed by atoms with van der Waals surface area (Å²) in [4.78, 5) is 12.4. The number of aliphatic hydroxyl groups is 1. The molecule has 2 aromatic rings. The molecule has 0 saturated carbocycles. The van der Waals surface area contributed by atoms with Gasteiger partial charge >= 0.3 is 0 Å². The summed E-state index contributed by atoms with van der Waals surface area (Å²) < 4.78 is 0. The number of carbonyl (C=O) groups is 1. The summed E-state index contributed by atoms with van der Waals surface area (Å²) in [5, 5.41) is 15.5. The molecular formula is C18H13NO2. The number of carbonyl (C=O) groups excluding carboxylic acids is 1. The molecule has 1 amide bonds. The van der Waals surface area contributed by atoms with Gasteiger partial charge < -0.3 is 10.4 Å². The number of rotatable bonds is 1. The molecular weight excluding hydrogens is 262 g/mol. The molecule has 1 aliphatic heterocycles. The number of aliphatic hydroxyl groups excluding tert-OH is 1. The molecule has 1 atom stereocenters. The highest BCUT2D eigenvalue weighted by Crippen LogP contribution is 2.33. The standard InChI is InChI=1S/C18H13NO2/c20-17-14-10-12-8-4-5-9-13(12)16(14)19-18(21)15(17)11-6-2-1-3-7-11/h1-10,15,20H,(H,19,21). The molecule has 0 spiro atoms. The fourth-order valence-electron chi connectivity index (χ4n) is 2.99. The molecule has 2 aromatic carbocycles. The number of amides is 1. The highest BCUT2D eigenvalue weighted by molar-refractivity contribution is 6.01. The van der Waals surface area contributed by atoms with Crippen molar-refractivity contribution in [3.05, 3.63) is 81.9 Å². The molecule has 21 heavy (non-hydrogen) atoms. The van der Waals surface area contributed by atoms with Gasteiger partial charge in [-0.15, -0.1) is 0 Å². The Balaban J connectivity index is 1.96. The van der Waals surface area contributed by atoms with Crippen LogP contribution in [0.5, 0.6) is 0 Å². The molecule has 102 valence electrons. The van der Waals surface area contributed by atoms with Crippen molar-refractivity contribution in [3.63, 3.8) is 0 Å². The van der Waals surface area contributed by atoms with Crippen LogP contribution >= 0.6 is 0 Å². The molecule has 3 nitrogen and oxygen atoms in total. The van der Waals surface area contributed by atoms with Crippen molar-refractivity contribution in [3.8, 4) is 0 Å². The number of hydrogen-bond donors (Lipinski definition) is 2. The Bertz CT molecular complexity index is 894. The Kier molecular flexibility index (Phi) is 2.48. The summed E-state index contributed by atoms with van der Waals surface area (Å²) in [7, 11) is 0. The maximum absolute atomic E-state index is 12.4.